The predicted octanol–water partition coefficient (Wildman–Crippen LogP) is 1.92. The third kappa shape index (κ3) is 3.66. The number of guanidine groups is 1. The molecule has 0 heterocycles. The Morgan fingerprint density at radius 1 is 1.35 bits per heavy atom. The first-order valence-corrected chi connectivity index (χ1v) is 6.68. The zero-order valence-electron chi connectivity index (χ0n) is 11.2. The molecule has 1 aromatic rings. The Labute approximate surface area is 116 Å². The van der Waals surface area contributed by atoms with Crippen LogP contribution in [0.15, 0.2) is 23.2 Å². The lowest BCUT2D eigenvalue weighted by Gasteiger charge is -2.20. The van der Waals surface area contributed by atoms with Crippen molar-refractivity contribution in [1.29, 1.82) is 0 Å². The van der Waals surface area contributed by atoms with Gasteiger partial charge in [-0.25, -0.2) is 13.8 Å². The molecule has 1 aromatic carbocycles. The first kappa shape index (κ1) is 14.7. The summed E-state index contributed by atoms with van der Waals surface area (Å²) in [5.41, 5.74) is 8.91. The number of nitrogens with one attached hydrogen (secondary N) is 1. The summed E-state index contributed by atoms with van der Waals surface area (Å²) in [6.45, 7) is -2.05. The summed E-state index contributed by atoms with van der Waals surface area (Å²) in [5.74, 6) is -3.29. The SMILES string of the molecule is NC(=NCC(F)(F)CO)Nc1cccc2c1CCCC2. The van der Waals surface area contributed by atoms with E-state index < -0.39 is 19.1 Å². The van der Waals surface area contributed by atoms with Crippen LogP contribution in [0.4, 0.5) is 14.5 Å². The zero-order chi connectivity index (χ0) is 14.6. The monoisotopic (exact) mass is 283 g/mol. The van der Waals surface area contributed by atoms with Crippen molar-refractivity contribution in [2.45, 2.75) is 31.6 Å². The summed E-state index contributed by atoms with van der Waals surface area (Å²) >= 11 is 0. The van der Waals surface area contributed by atoms with E-state index >= 15 is 0 Å². The van der Waals surface area contributed by atoms with Crippen molar-refractivity contribution in [2.75, 3.05) is 18.5 Å². The summed E-state index contributed by atoms with van der Waals surface area (Å²) < 4.78 is 25.8. The number of anilines is 1. The third-order valence-corrected chi connectivity index (χ3v) is 3.37. The Balaban J connectivity index is 2.08. The summed E-state index contributed by atoms with van der Waals surface area (Å²) in [5, 5.41) is 11.4. The van der Waals surface area contributed by atoms with Crippen molar-refractivity contribution < 1.29 is 13.9 Å². The number of halogens is 2. The molecule has 0 bridgehead atoms. The molecule has 0 saturated carbocycles. The molecule has 2 rings (SSSR count). The molecule has 1 aliphatic carbocycles. The van der Waals surface area contributed by atoms with Crippen LogP contribution >= 0.6 is 0 Å². The average molecular weight is 283 g/mol. The van der Waals surface area contributed by atoms with Gasteiger partial charge >= 0.3 is 0 Å². The molecule has 0 atom stereocenters. The van der Waals surface area contributed by atoms with Gasteiger partial charge in [-0.2, -0.15) is 0 Å². The lowest BCUT2D eigenvalue weighted by atomic mass is 9.90. The lowest BCUT2D eigenvalue weighted by Crippen LogP contribution is -2.30. The molecule has 4 nitrogen and oxygen atoms in total. The van der Waals surface area contributed by atoms with E-state index in [0.717, 1.165) is 24.9 Å². The van der Waals surface area contributed by atoms with E-state index in [1.165, 1.54) is 17.5 Å². The minimum atomic E-state index is -3.23. The fourth-order valence-corrected chi connectivity index (χ4v) is 2.33. The van der Waals surface area contributed by atoms with Gasteiger partial charge in [-0.1, -0.05) is 12.1 Å². The number of aryl methyl sites for hydroxylation is 1. The molecule has 0 amide bonds. The lowest BCUT2D eigenvalue weighted by molar-refractivity contribution is -0.0404. The molecular formula is C14H19F2N3O. The molecule has 0 aromatic heterocycles. The number of rotatable bonds is 4. The van der Waals surface area contributed by atoms with Crippen molar-refractivity contribution in [1.82, 2.24) is 0 Å². The fraction of sp³-hybridized carbons (Fsp3) is 0.500. The van der Waals surface area contributed by atoms with Gasteiger partial charge in [0.05, 0.1) is 0 Å². The molecule has 0 saturated heterocycles. The number of fused-ring (bicyclic) bond motifs is 1. The molecular weight excluding hydrogens is 264 g/mol. The van der Waals surface area contributed by atoms with E-state index in [2.05, 4.69) is 16.4 Å². The third-order valence-electron chi connectivity index (χ3n) is 3.37. The summed E-state index contributed by atoms with van der Waals surface area (Å²) in [6, 6.07) is 5.87. The standard InChI is InChI=1S/C14H19F2N3O/c15-14(16,9-20)8-18-13(17)19-12-7-3-5-10-4-1-2-6-11(10)12/h3,5,7,20H,1-2,4,6,8-9H2,(H3,17,18,19). The van der Waals surface area contributed by atoms with Crippen molar-refractivity contribution in [3.05, 3.63) is 29.3 Å². The van der Waals surface area contributed by atoms with Crippen LogP contribution in [0, 0.1) is 0 Å². The Morgan fingerprint density at radius 2 is 2.10 bits per heavy atom. The topological polar surface area (TPSA) is 70.6 Å². The highest BCUT2D eigenvalue weighted by atomic mass is 19.3. The summed E-state index contributed by atoms with van der Waals surface area (Å²) in [6.07, 6.45) is 4.27. The Kier molecular flexibility index (Phi) is 4.54. The molecule has 110 valence electrons. The summed E-state index contributed by atoms with van der Waals surface area (Å²) in [7, 11) is 0. The molecule has 4 N–H and O–H groups in total. The van der Waals surface area contributed by atoms with E-state index in [-0.39, 0.29) is 5.96 Å². The van der Waals surface area contributed by atoms with Crippen molar-refractivity contribution >= 4 is 11.6 Å². The first-order chi connectivity index (χ1) is 9.52. The second-order valence-electron chi connectivity index (χ2n) is 4.99. The second kappa shape index (κ2) is 6.17. The Morgan fingerprint density at radius 3 is 2.85 bits per heavy atom. The molecule has 0 fully saturated rings. The Bertz CT molecular complexity index is 503. The van der Waals surface area contributed by atoms with Crippen LogP contribution in [-0.2, 0) is 12.8 Å². The van der Waals surface area contributed by atoms with E-state index in [1.807, 2.05) is 12.1 Å². The number of hydrogen-bond acceptors (Lipinski definition) is 2. The summed E-state index contributed by atoms with van der Waals surface area (Å²) in [4.78, 5) is 3.58. The van der Waals surface area contributed by atoms with E-state index in [9.17, 15) is 8.78 Å². The van der Waals surface area contributed by atoms with Gasteiger partial charge in [0, 0.05) is 5.69 Å². The van der Waals surface area contributed by atoms with Gasteiger partial charge in [0.2, 0.25) is 0 Å². The van der Waals surface area contributed by atoms with Gasteiger partial charge < -0.3 is 16.2 Å². The molecule has 0 radical (unpaired) electrons. The number of nitrogens with two attached hydrogens (primary N) is 1. The fourth-order valence-electron chi connectivity index (χ4n) is 2.33. The largest absolute Gasteiger partial charge is 0.390 e. The van der Waals surface area contributed by atoms with Gasteiger partial charge in [-0.3, -0.25) is 0 Å². The second-order valence-corrected chi connectivity index (χ2v) is 4.99. The Hall–Kier alpha value is -1.69. The molecule has 0 unspecified atom stereocenters. The maximum Gasteiger partial charge on any atom is 0.289 e. The number of benzene rings is 1. The van der Waals surface area contributed by atoms with Crippen molar-refractivity contribution in [2.24, 2.45) is 10.7 Å². The van der Waals surface area contributed by atoms with Crippen LogP contribution in [0.2, 0.25) is 0 Å². The number of aliphatic imine (C=N–C) groups is 1. The van der Waals surface area contributed by atoms with Crippen LogP contribution in [0.25, 0.3) is 0 Å². The number of aliphatic hydroxyl groups excluding tert-OH is 1. The van der Waals surface area contributed by atoms with Gasteiger partial charge in [0.1, 0.15) is 13.2 Å². The molecule has 1 aliphatic rings. The smallest absolute Gasteiger partial charge is 0.289 e. The van der Waals surface area contributed by atoms with Gasteiger partial charge in [-0.05, 0) is 42.9 Å². The van der Waals surface area contributed by atoms with Gasteiger partial charge in [0.25, 0.3) is 5.92 Å². The number of nitrogens with zero attached hydrogens (tertiary/aromatic N) is 1. The van der Waals surface area contributed by atoms with Crippen LogP contribution in [0.3, 0.4) is 0 Å². The van der Waals surface area contributed by atoms with Crippen LogP contribution < -0.4 is 11.1 Å². The van der Waals surface area contributed by atoms with Crippen LogP contribution in [0.5, 0.6) is 0 Å². The highest BCUT2D eigenvalue weighted by Gasteiger charge is 2.27. The number of hydrogen-bond donors (Lipinski definition) is 3. The van der Waals surface area contributed by atoms with Crippen molar-refractivity contribution in [3.63, 3.8) is 0 Å². The van der Waals surface area contributed by atoms with E-state index in [1.54, 1.807) is 0 Å². The molecule has 0 spiro atoms. The highest BCUT2D eigenvalue weighted by Crippen LogP contribution is 2.27. The molecule has 6 heteroatoms. The van der Waals surface area contributed by atoms with Crippen LogP contribution in [-0.4, -0.2) is 30.1 Å². The first-order valence-electron chi connectivity index (χ1n) is 6.68. The molecule has 0 aliphatic heterocycles. The van der Waals surface area contributed by atoms with E-state index in [4.69, 9.17) is 10.8 Å². The van der Waals surface area contributed by atoms with Crippen molar-refractivity contribution in [3.8, 4) is 0 Å². The number of aliphatic hydroxyl groups is 1. The average Bonchev–Trinajstić information content (AvgIpc) is 2.46. The minimum Gasteiger partial charge on any atom is -0.390 e. The predicted molar refractivity (Wildman–Crippen MR) is 75.2 cm³/mol. The normalized spacial score (nSPS) is 15.8. The van der Waals surface area contributed by atoms with Gasteiger partial charge in [0.15, 0.2) is 5.96 Å². The van der Waals surface area contributed by atoms with E-state index in [0.29, 0.717) is 0 Å². The quantitative estimate of drug-likeness (QED) is 0.584. The zero-order valence-corrected chi connectivity index (χ0v) is 11.2. The highest BCUT2D eigenvalue weighted by molar-refractivity contribution is 5.93. The number of alkyl halides is 2. The van der Waals surface area contributed by atoms with Gasteiger partial charge in [-0.15, -0.1) is 0 Å². The maximum absolute atomic E-state index is 12.9. The van der Waals surface area contributed by atoms with Crippen LogP contribution in [0.1, 0.15) is 24.0 Å². The minimum absolute atomic E-state index is 0.0582. The maximum atomic E-state index is 12.9. The molecule has 20 heavy (non-hydrogen) atoms.